The van der Waals surface area contributed by atoms with Gasteiger partial charge in [-0.3, -0.25) is 0 Å². The van der Waals surface area contributed by atoms with Gasteiger partial charge in [-0.25, -0.2) is 8.42 Å². The second-order valence-electron chi connectivity index (χ2n) is 4.15. The highest BCUT2D eigenvalue weighted by molar-refractivity contribution is 7.92. The number of nitrogens with zero attached hydrogens (tertiary/aromatic N) is 1. The van der Waals surface area contributed by atoms with Crippen molar-refractivity contribution in [3.8, 4) is 6.07 Å². The number of benzene rings is 1. The summed E-state index contributed by atoms with van der Waals surface area (Å²) >= 11 is 0. The molecule has 1 fully saturated rings. The van der Waals surface area contributed by atoms with Gasteiger partial charge in [0.2, 0.25) is 0 Å². The number of piperidine rings is 1. The Morgan fingerprint density at radius 2 is 1.94 bits per heavy atom. The standard InChI is InChI=1S/C12H14N2O2S.ClH/c13-8-10-3-5-11(6-4-10)17(15,16)12-2-1-7-14-9-12;/h3-6,12,14H,1-2,7,9H2;1H. The van der Waals surface area contributed by atoms with E-state index in [2.05, 4.69) is 5.32 Å². The summed E-state index contributed by atoms with van der Waals surface area (Å²) in [6.45, 7) is 1.40. The van der Waals surface area contributed by atoms with E-state index in [4.69, 9.17) is 5.26 Å². The van der Waals surface area contributed by atoms with E-state index in [9.17, 15) is 8.42 Å². The van der Waals surface area contributed by atoms with Crippen molar-refractivity contribution in [3.63, 3.8) is 0 Å². The van der Waals surface area contributed by atoms with Gasteiger partial charge in [-0.1, -0.05) is 0 Å². The first-order valence-electron chi connectivity index (χ1n) is 5.59. The van der Waals surface area contributed by atoms with Gasteiger partial charge in [-0.05, 0) is 43.7 Å². The Morgan fingerprint density at radius 3 is 2.44 bits per heavy atom. The van der Waals surface area contributed by atoms with Crippen LogP contribution in [0.4, 0.5) is 0 Å². The molecular weight excluding hydrogens is 272 g/mol. The maximum atomic E-state index is 12.3. The highest BCUT2D eigenvalue weighted by Crippen LogP contribution is 2.21. The highest BCUT2D eigenvalue weighted by Gasteiger charge is 2.28. The van der Waals surface area contributed by atoms with Crippen molar-refractivity contribution in [1.29, 1.82) is 5.26 Å². The van der Waals surface area contributed by atoms with Crippen LogP contribution >= 0.6 is 12.4 Å². The molecule has 1 heterocycles. The molecule has 1 aromatic carbocycles. The minimum Gasteiger partial charge on any atom is -0.315 e. The zero-order valence-electron chi connectivity index (χ0n) is 9.80. The number of nitrogens with one attached hydrogen (secondary N) is 1. The van der Waals surface area contributed by atoms with Crippen LogP contribution in [-0.4, -0.2) is 26.8 Å². The average Bonchev–Trinajstić information content (AvgIpc) is 2.40. The predicted molar refractivity (Wildman–Crippen MR) is 71.5 cm³/mol. The number of halogens is 1. The SMILES string of the molecule is Cl.N#Cc1ccc(S(=O)(=O)C2CCCNC2)cc1. The molecule has 4 nitrogen and oxygen atoms in total. The molecule has 1 atom stereocenters. The predicted octanol–water partition coefficient (Wildman–Crippen LogP) is 1.51. The van der Waals surface area contributed by atoms with Crippen LogP contribution in [0, 0.1) is 11.3 Å². The fraction of sp³-hybridized carbons (Fsp3) is 0.417. The van der Waals surface area contributed by atoms with E-state index in [1.54, 1.807) is 12.1 Å². The third-order valence-electron chi connectivity index (χ3n) is 3.00. The summed E-state index contributed by atoms with van der Waals surface area (Å²) in [6.07, 6.45) is 1.59. The van der Waals surface area contributed by atoms with Crippen molar-refractivity contribution in [3.05, 3.63) is 29.8 Å². The average molecular weight is 287 g/mol. The molecule has 0 spiro atoms. The zero-order chi connectivity index (χ0) is 12.3. The first kappa shape index (κ1) is 15.0. The van der Waals surface area contributed by atoms with Gasteiger partial charge < -0.3 is 5.32 Å². The van der Waals surface area contributed by atoms with Gasteiger partial charge in [0.05, 0.1) is 21.8 Å². The third-order valence-corrected chi connectivity index (χ3v) is 5.21. The van der Waals surface area contributed by atoms with Gasteiger partial charge in [0.25, 0.3) is 0 Å². The van der Waals surface area contributed by atoms with Gasteiger partial charge in [0.1, 0.15) is 0 Å². The molecule has 0 radical (unpaired) electrons. The topological polar surface area (TPSA) is 70.0 Å². The van der Waals surface area contributed by atoms with Gasteiger partial charge >= 0.3 is 0 Å². The van der Waals surface area contributed by atoms with Crippen LogP contribution in [0.25, 0.3) is 0 Å². The molecule has 98 valence electrons. The second kappa shape index (κ2) is 6.19. The zero-order valence-corrected chi connectivity index (χ0v) is 11.4. The molecular formula is C12H15ClN2O2S. The van der Waals surface area contributed by atoms with E-state index in [1.807, 2.05) is 6.07 Å². The molecule has 1 unspecified atom stereocenters. The Morgan fingerprint density at radius 1 is 1.28 bits per heavy atom. The molecule has 6 heteroatoms. The first-order chi connectivity index (χ1) is 8.14. The molecule has 18 heavy (non-hydrogen) atoms. The number of rotatable bonds is 2. The maximum absolute atomic E-state index is 12.3. The summed E-state index contributed by atoms with van der Waals surface area (Å²) in [6, 6.07) is 8.10. The van der Waals surface area contributed by atoms with Crippen LogP contribution in [0.1, 0.15) is 18.4 Å². The number of hydrogen-bond donors (Lipinski definition) is 1. The Hall–Kier alpha value is -1.09. The molecule has 1 aliphatic heterocycles. The molecule has 2 rings (SSSR count). The van der Waals surface area contributed by atoms with Gasteiger partial charge in [0.15, 0.2) is 9.84 Å². The lowest BCUT2D eigenvalue weighted by Crippen LogP contribution is -2.38. The van der Waals surface area contributed by atoms with E-state index in [0.29, 0.717) is 23.4 Å². The van der Waals surface area contributed by atoms with Crippen LogP contribution in [0.5, 0.6) is 0 Å². The lowest BCUT2D eigenvalue weighted by Gasteiger charge is -2.22. The normalized spacial score (nSPS) is 19.6. The van der Waals surface area contributed by atoms with E-state index < -0.39 is 9.84 Å². The first-order valence-corrected chi connectivity index (χ1v) is 7.14. The molecule has 0 aromatic heterocycles. The molecule has 1 aliphatic rings. The van der Waals surface area contributed by atoms with Gasteiger partial charge in [0, 0.05) is 6.54 Å². The summed E-state index contributed by atoms with van der Waals surface area (Å²) in [5.41, 5.74) is 0.478. The Bertz CT molecular complexity index is 528. The van der Waals surface area contributed by atoms with Crippen molar-refractivity contribution < 1.29 is 8.42 Å². The van der Waals surface area contributed by atoms with Crippen LogP contribution < -0.4 is 5.32 Å². The van der Waals surface area contributed by atoms with E-state index in [1.165, 1.54) is 12.1 Å². The molecule has 0 aliphatic carbocycles. The summed E-state index contributed by atoms with van der Waals surface area (Å²) < 4.78 is 24.5. The molecule has 0 amide bonds. The fourth-order valence-electron chi connectivity index (χ4n) is 2.00. The number of sulfone groups is 1. The maximum Gasteiger partial charge on any atom is 0.182 e. The quantitative estimate of drug-likeness (QED) is 0.894. The lowest BCUT2D eigenvalue weighted by molar-refractivity contribution is 0.497. The Kier molecular flexibility index (Phi) is 5.15. The van der Waals surface area contributed by atoms with Crippen LogP contribution in [0.3, 0.4) is 0 Å². The third kappa shape index (κ3) is 3.02. The van der Waals surface area contributed by atoms with E-state index >= 15 is 0 Å². The largest absolute Gasteiger partial charge is 0.315 e. The van der Waals surface area contributed by atoms with E-state index in [0.717, 1.165) is 13.0 Å². The highest BCUT2D eigenvalue weighted by atomic mass is 35.5. The minimum absolute atomic E-state index is 0. The van der Waals surface area contributed by atoms with Crippen molar-refractivity contribution in [2.24, 2.45) is 0 Å². The summed E-state index contributed by atoms with van der Waals surface area (Å²) in [5, 5.41) is 11.4. The molecule has 0 bridgehead atoms. The number of nitriles is 1. The molecule has 1 saturated heterocycles. The smallest absolute Gasteiger partial charge is 0.182 e. The van der Waals surface area contributed by atoms with Crippen molar-refractivity contribution >= 4 is 22.2 Å². The summed E-state index contributed by atoms with van der Waals surface area (Å²) in [5.74, 6) is 0. The molecule has 1 aromatic rings. The Balaban J connectivity index is 0.00000162. The van der Waals surface area contributed by atoms with Crippen LogP contribution in [0.15, 0.2) is 29.2 Å². The molecule has 1 N–H and O–H groups in total. The number of hydrogen-bond acceptors (Lipinski definition) is 4. The second-order valence-corrected chi connectivity index (χ2v) is 6.38. The minimum atomic E-state index is -3.26. The summed E-state index contributed by atoms with van der Waals surface area (Å²) in [4.78, 5) is 0.310. The van der Waals surface area contributed by atoms with Crippen molar-refractivity contribution in [1.82, 2.24) is 5.32 Å². The molecule has 0 saturated carbocycles. The van der Waals surface area contributed by atoms with Crippen LogP contribution in [0.2, 0.25) is 0 Å². The fourth-order valence-corrected chi connectivity index (χ4v) is 3.71. The van der Waals surface area contributed by atoms with Crippen LogP contribution in [-0.2, 0) is 9.84 Å². The van der Waals surface area contributed by atoms with Crippen molar-refractivity contribution in [2.45, 2.75) is 23.0 Å². The lowest BCUT2D eigenvalue weighted by atomic mass is 10.2. The van der Waals surface area contributed by atoms with Gasteiger partial charge in [-0.2, -0.15) is 5.26 Å². The van der Waals surface area contributed by atoms with Crippen molar-refractivity contribution in [2.75, 3.05) is 13.1 Å². The summed E-state index contributed by atoms with van der Waals surface area (Å²) in [7, 11) is -3.26. The monoisotopic (exact) mass is 286 g/mol. The Labute approximate surface area is 113 Å². The van der Waals surface area contributed by atoms with E-state index in [-0.39, 0.29) is 17.7 Å². The van der Waals surface area contributed by atoms with Gasteiger partial charge in [-0.15, -0.1) is 12.4 Å².